The molecule has 1 unspecified atom stereocenters. The van der Waals surface area contributed by atoms with Gasteiger partial charge < -0.3 is 10.3 Å². The zero-order valence-corrected chi connectivity index (χ0v) is 18.0. The van der Waals surface area contributed by atoms with Gasteiger partial charge in [-0.3, -0.25) is 4.79 Å². The summed E-state index contributed by atoms with van der Waals surface area (Å²) in [5.41, 5.74) is 5.82. The number of pyridine rings is 1. The van der Waals surface area contributed by atoms with E-state index < -0.39 is 5.41 Å². The number of H-pyrrole nitrogens is 1. The molecule has 0 saturated carbocycles. The van der Waals surface area contributed by atoms with Gasteiger partial charge in [0.25, 0.3) is 0 Å². The first-order valence-corrected chi connectivity index (χ1v) is 11.0. The van der Waals surface area contributed by atoms with Gasteiger partial charge in [-0.05, 0) is 72.4 Å². The van der Waals surface area contributed by atoms with Crippen molar-refractivity contribution in [2.24, 2.45) is 0 Å². The van der Waals surface area contributed by atoms with E-state index in [1.54, 1.807) is 12.3 Å². The van der Waals surface area contributed by atoms with Crippen LogP contribution < -0.4 is 5.32 Å². The van der Waals surface area contributed by atoms with E-state index in [1.165, 1.54) is 11.1 Å². The molecule has 31 heavy (non-hydrogen) atoms. The first kappa shape index (κ1) is 18.8. The summed E-state index contributed by atoms with van der Waals surface area (Å²) in [5.74, 6) is 1.65. The standard InChI is InChI=1S/C24H18Cl2N4O/c25-16-6-13(7-17(26)10-16)3-4-21-28-19-8-14-11-24(12-15(14)9-20(19)29-21)18-2-1-5-27-22(18)30-23(24)31/h1-2,5-10H,3-4,11-12H2,(H,28,29)(H,27,30,31). The molecule has 7 heteroatoms. The van der Waals surface area contributed by atoms with Gasteiger partial charge >= 0.3 is 0 Å². The van der Waals surface area contributed by atoms with Crippen molar-refractivity contribution in [3.8, 4) is 0 Å². The molecule has 3 heterocycles. The van der Waals surface area contributed by atoms with E-state index in [1.807, 2.05) is 24.3 Å². The number of hydrogen-bond acceptors (Lipinski definition) is 3. The Kier molecular flexibility index (Phi) is 4.14. The number of nitrogens with zero attached hydrogens (tertiary/aromatic N) is 2. The first-order chi connectivity index (χ1) is 15.0. The number of carbonyl (C=O) groups is 1. The Morgan fingerprint density at radius 1 is 1.00 bits per heavy atom. The monoisotopic (exact) mass is 448 g/mol. The maximum Gasteiger partial charge on any atom is 0.237 e. The minimum atomic E-state index is -0.556. The second-order valence-corrected chi connectivity index (χ2v) is 9.26. The molecule has 0 radical (unpaired) electrons. The lowest BCUT2D eigenvalue weighted by Gasteiger charge is -2.20. The average Bonchev–Trinajstić information content (AvgIpc) is 3.37. The number of anilines is 1. The molecule has 1 spiro atoms. The van der Waals surface area contributed by atoms with E-state index in [-0.39, 0.29) is 5.91 Å². The van der Waals surface area contributed by atoms with Crippen LogP contribution in [-0.4, -0.2) is 20.9 Å². The Morgan fingerprint density at radius 3 is 2.58 bits per heavy atom. The summed E-state index contributed by atoms with van der Waals surface area (Å²) in [6.07, 6.45) is 4.63. The van der Waals surface area contributed by atoms with Gasteiger partial charge in [0.1, 0.15) is 11.6 Å². The van der Waals surface area contributed by atoms with E-state index in [0.29, 0.717) is 28.7 Å². The van der Waals surface area contributed by atoms with Gasteiger partial charge in [0.2, 0.25) is 5.91 Å². The molecule has 2 N–H and O–H groups in total. The van der Waals surface area contributed by atoms with Crippen LogP contribution in [0.5, 0.6) is 0 Å². The van der Waals surface area contributed by atoms with Crippen LogP contribution in [0.3, 0.4) is 0 Å². The first-order valence-electron chi connectivity index (χ1n) is 10.2. The normalized spacial score (nSPS) is 16.0. The van der Waals surface area contributed by atoms with Crippen molar-refractivity contribution in [1.82, 2.24) is 15.0 Å². The number of carbonyl (C=O) groups excluding carboxylic acids is 1. The highest BCUT2D eigenvalue weighted by molar-refractivity contribution is 6.34. The van der Waals surface area contributed by atoms with Crippen LogP contribution in [0.25, 0.3) is 11.0 Å². The third kappa shape index (κ3) is 3.03. The number of aromatic amines is 1. The number of aromatic nitrogens is 3. The Balaban J connectivity index is 1.28. The molecule has 1 amide bonds. The molecule has 6 rings (SSSR count). The van der Waals surface area contributed by atoms with E-state index in [9.17, 15) is 4.79 Å². The van der Waals surface area contributed by atoms with Crippen LogP contribution in [0.4, 0.5) is 5.82 Å². The van der Waals surface area contributed by atoms with Crippen LogP contribution in [0, 0.1) is 0 Å². The van der Waals surface area contributed by atoms with Crippen LogP contribution >= 0.6 is 23.2 Å². The van der Waals surface area contributed by atoms with Crippen LogP contribution in [-0.2, 0) is 35.9 Å². The van der Waals surface area contributed by atoms with E-state index in [4.69, 9.17) is 28.2 Å². The topological polar surface area (TPSA) is 70.7 Å². The second-order valence-electron chi connectivity index (χ2n) is 8.39. The molecular weight excluding hydrogens is 431 g/mol. The molecule has 0 bridgehead atoms. The average molecular weight is 449 g/mol. The minimum Gasteiger partial charge on any atom is -0.342 e. The lowest BCUT2D eigenvalue weighted by atomic mass is 9.79. The van der Waals surface area contributed by atoms with Crippen LogP contribution in [0.2, 0.25) is 10.0 Å². The van der Waals surface area contributed by atoms with E-state index in [0.717, 1.165) is 40.8 Å². The maximum absolute atomic E-state index is 12.9. The molecule has 0 saturated heterocycles. The van der Waals surface area contributed by atoms with Gasteiger partial charge in [-0.15, -0.1) is 0 Å². The van der Waals surface area contributed by atoms with Gasteiger partial charge in [0, 0.05) is 28.2 Å². The number of hydrogen-bond donors (Lipinski definition) is 2. The number of aryl methyl sites for hydroxylation is 2. The molecule has 2 aromatic carbocycles. The minimum absolute atomic E-state index is 0.0369. The maximum atomic E-state index is 12.9. The van der Waals surface area contributed by atoms with Gasteiger partial charge in [-0.2, -0.15) is 0 Å². The summed E-state index contributed by atoms with van der Waals surface area (Å²) >= 11 is 12.2. The van der Waals surface area contributed by atoms with Crippen molar-refractivity contribution in [2.45, 2.75) is 31.1 Å². The van der Waals surface area contributed by atoms with E-state index >= 15 is 0 Å². The van der Waals surface area contributed by atoms with Gasteiger partial charge in [0.05, 0.1) is 16.4 Å². The molecule has 1 atom stereocenters. The van der Waals surface area contributed by atoms with Gasteiger partial charge in [0.15, 0.2) is 0 Å². The summed E-state index contributed by atoms with van der Waals surface area (Å²) < 4.78 is 0. The van der Waals surface area contributed by atoms with Crippen molar-refractivity contribution >= 4 is 46.0 Å². The third-order valence-corrected chi connectivity index (χ3v) is 6.84. The Morgan fingerprint density at radius 2 is 1.77 bits per heavy atom. The van der Waals surface area contributed by atoms with Crippen molar-refractivity contribution in [3.05, 3.63) is 86.8 Å². The Bertz CT molecular complexity index is 1310. The quantitative estimate of drug-likeness (QED) is 0.461. The summed E-state index contributed by atoms with van der Waals surface area (Å²) in [6.45, 7) is 0. The smallest absolute Gasteiger partial charge is 0.237 e. The van der Waals surface area contributed by atoms with Crippen molar-refractivity contribution in [1.29, 1.82) is 0 Å². The fraction of sp³-hybridized carbons (Fsp3) is 0.208. The fourth-order valence-electron chi connectivity index (χ4n) is 4.97. The number of halogens is 2. The zero-order valence-electron chi connectivity index (χ0n) is 16.5. The Hall–Kier alpha value is -2.89. The van der Waals surface area contributed by atoms with Gasteiger partial charge in [-0.1, -0.05) is 29.3 Å². The lowest BCUT2D eigenvalue weighted by Crippen LogP contribution is -2.35. The predicted molar refractivity (Wildman–Crippen MR) is 122 cm³/mol. The molecule has 1 aliphatic heterocycles. The number of nitrogens with one attached hydrogen (secondary N) is 2. The highest BCUT2D eigenvalue weighted by Crippen LogP contribution is 2.47. The summed E-state index contributed by atoms with van der Waals surface area (Å²) in [6, 6.07) is 13.8. The number of amides is 1. The van der Waals surface area contributed by atoms with Crippen LogP contribution in [0.1, 0.15) is 28.1 Å². The number of benzene rings is 2. The lowest BCUT2D eigenvalue weighted by molar-refractivity contribution is -0.120. The van der Waals surface area contributed by atoms with Gasteiger partial charge in [-0.25, -0.2) is 9.97 Å². The highest BCUT2D eigenvalue weighted by Gasteiger charge is 2.51. The van der Waals surface area contributed by atoms with Crippen LogP contribution in [0.15, 0.2) is 48.7 Å². The molecule has 2 aromatic heterocycles. The summed E-state index contributed by atoms with van der Waals surface area (Å²) in [5, 5.41) is 4.24. The fourth-order valence-corrected chi connectivity index (χ4v) is 5.54. The largest absolute Gasteiger partial charge is 0.342 e. The molecule has 2 aliphatic rings. The third-order valence-electron chi connectivity index (χ3n) is 6.40. The molecule has 0 fully saturated rings. The number of fused-ring (bicyclic) bond motifs is 4. The SMILES string of the molecule is O=C1Nc2ncccc2C12Cc1cc3nc(CCc4cc(Cl)cc(Cl)c4)[nH]c3cc1C2. The molecule has 4 aromatic rings. The molecule has 154 valence electrons. The Labute approximate surface area is 188 Å². The molecule has 1 aliphatic carbocycles. The summed E-state index contributed by atoms with van der Waals surface area (Å²) in [7, 11) is 0. The number of imidazole rings is 1. The van der Waals surface area contributed by atoms with Crippen molar-refractivity contribution < 1.29 is 4.79 Å². The molecular formula is C24H18Cl2N4O. The van der Waals surface area contributed by atoms with Crippen molar-refractivity contribution in [3.63, 3.8) is 0 Å². The summed E-state index contributed by atoms with van der Waals surface area (Å²) in [4.78, 5) is 25.5. The molecule has 5 nitrogen and oxygen atoms in total. The van der Waals surface area contributed by atoms with Crippen molar-refractivity contribution in [2.75, 3.05) is 5.32 Å². The predicted octanol–water partition coefficient (Wildman–Crippen LogP) is 5.04. The second kappa shape index (κ2) is 6.81. The highest BCUT2D eigenvalue weighted by atomic mass is 35.5. The van der Waals surface area contributed by atoms with E-state index in [2.05, 4.69) is 27.4 Å². The number of rotatable bonds is 3. The zero-order chi connectivity index (χ0) is 21.2.